The van der Waals surface area contributed by atoms with Crippen molar-refractivity contribution in [2.75, 3.05) is 0 Å². The monoisotopic (exact) mass is 223 g/mol. The fourth-order valence-corrected chi connectivity index (χ4v) is 2.16. The van der Waals surface area contributed by atoms with Crippen molar-refractivity contribution in [3.05, 3.63) is 65.9 Å². The number of aromatic amines is 1. The van der Waals surface area contributed by atoms with Gasteiger partial charge in [-0.25, -0.2) is 0 Å². The summed E-state index contributed by atoms with van der Waals surface area (Å²) in [6, 6.07) is 18.8. The largest absolute Gasteiger partial charge is 0.358 e. The Morgan fingerprint density at radius 3 is 2.53 bits per heavy atom. The van der Waals surface area contributed by atoms with Crippen LogP contribution in [0.3, 0.4) is 0 Å². The van der Waals surface area contributed by atoms with Gasteiger partial charge in [-0.15, -0.1) is 0 Å². The Morgan fingerprint density at radius 1 is 0.941 bits per heavy atom. The Hall–Kier alpha value is -2.06. The van der Waals surface area contributed by atoms with Gasteiger partial charge in [-0.2, -0.15) is 0 Å². The predicted octanol–water partition coefficient (Wildman–Crippen LogP) is 2.63. The molecule has 0 spiro atoms. The van der Waals surface area contributed by atoms with E-state index in [9.17, 15) is 0 Å². The Kier molecular flexibility index (Phi) is 2.42. The number of nitrogens with one attached hydrogen (secondary N) is 1. The number of benzene rings is 2. The van der Waals surface area contributed by atoms with Crippen molar-refractivity contribution in [1.82, 2.24) is 4.98 Å². The van der Waals surface area contributed by atoms with Crippen LogP contribution in [0.5, 0.6) is 0 Å². The summed E-state index contributed by atoms with van der Waals surface area (Å²) in [5.74, 6) is 0. The summed E-state index contributed by atoms with van der Waals surface area (Å²) in [4.78, 5) is 3.44. The van der Waals surface area contributed by atoms with Crippen LogP contribution in [0, 0.1) is 0 Å². The van der Waals surface area contributed by atoms with Crippen molar-refractivity contribution in [2.45, 2.75) is 6.42 Å². The number of rotatable bonds is 2. The maximum absolute atomic E-state index is 4.06. The van der Waals surface area contributed by atoms with Crippen molar-refractivity contribution < 1.29 is 5.73 Å². The van der Waals surface area contributed by atoms with Gasteiger partial charge in [0.05, 0.1) is 0 Å². The van der Waals surface area contributed by atoms with Gasteiger partial charge < -0.3 is 10.7 Å². The van der Waals surface area contributed by atoms with Crippen LogP contribution in [0.25, 0.3) is 10.9 Å². The minimum atomic E-state index is 0.911. The molecule has 3 aromatic rings. The van der Waals surface area contributed by atoms with E-state index in [0.29, 0.717) is 0 Å². The van der Waals surface area contributed by atoms with Gasteiger partial charge in [0.15, 0.2) is 0 Å². The van der Waals surface area contributed by atoms with Gasteiger partial charge in [0.25, 0.3) is 0 Å². The van der Waals surface area contributed by atoms with E-state index in [1.165, 1.54) is 22.2 Å². The van der Waals surface area contributed by atoms with Crippen LogP contribution in [0.15, 0.2) is 54.6 Å². The maximum atomic E-state index is 4.06. The highest BCUT2D eigenvalue weighted by Crippen LogP contribution is 2.19. The Morgan fingerprint density at radius 2 is 1.71 bits per heavy atom. The minimum Gasteiger partial charge on any atom is -0.358 e. The second-order valence-corrected chi connectivity index (χ2v) is 4.33. The highest BCUT2D eigenvalue weighted by atomic mass is 14.7. The molecule has 84 valence electrons. The summed E-state index contributed by atoms with van der Waals surface area (Å²) < 4.78 is 0. The van der Waals surface area contributed by atoms with E-state index < -0.39 is 0 Å². The molecule has 3 rings (SSSR count). The van der Waals surface area contributed by atoms with Gasteiger partial charge in [-0.1, -0.05) is 36.4 Å². The molecule has 0 aliphatic heterocycles. The average Bonchev–Trinajstić information content (AvgIpc) is 2.74. The number of aromatic nitrogens is 1. The zero-order valence-electron chi connectivity index (χ0n) is 9.61. The van der Waals surface area contributed by atoms with Crippen LogP contribution in [0.2, 0.25) is 0 Å². The van der Waals surface area contributed by atoms with Crippen LogP contribution in [0.1, 0.15) is 11.3 Å². The first kappa shape index (κ1) is 10.1. The second-order valence-electron chi connectivity index (χ2n) is 4.33. The first-order valence-corrected chi connectivity index (χ1v) is 5.79. The lowest BCUT2D eigenvalue weighted by Gasteiger charge is -1.99. The molecule has 0 unspecified atom stereocenters. The molecule has 0 saturated heterocycles. The molecule has 2 aromatic carbocycles. The molecule has 2 heteroatoms. The van der Waals surface area contributed by atoms with Gasteiger partial charge in [0.2, 0.25) is 0 Å². The number of hydrogen-bond acceptors (Lipinski definition) is 0. The van der Waals surface area contributed by atoms with E-state index in [2.05, 4.69) is 59.2 Å². The third-order valence-electron chi connectivity index (χ3n) is 3.09. The predicted molar refractivity (Wildman–Crippen MR) is 70.1 cm³/mol. The fraction of sp³-hybridized carbons (Fsp3) is 0.0667. The first-order valence-electron chi connectivity index (χ1n) is 5.79. The van der Waals surface area contributed by atoms with E-state index in [0.717, 1.165) is 12.1 Å². The van der Waals surface area contributed by atoms with Gasteiger partial charge in [-0.3, -0.25) is 0 Å². The topological polar surface area (TPSA) is 43.4 Å². The first-order chi connectivity index (χ1) is 8.33. The molecule has 0 bridgehead atoms. The molecule has 1 aromatic heterocycles. The Bertz CT molecular complexity index is 620. The third-order valence-corrected chi connectivity index (χ3v) is 3.09. The van der Waals surface area contributed by atoms with E-state index in [-0.39, 0.29) is 0 Å². The molecule has 4 N–H and O–H groups in total. The van der Waals surface area contributed by atoms with Crippen LogP contribution in [-0.2, 0) is 6.42 Å². The molecule has 0 atom stereocenters. The molecule has 0 saturated carbocycles. The quantitative estimate of drug-likeness (QED) is 0.671. The Labute approximate surface area is 100 Å². The van der Waals surface area contributed by atoms with Crippen molar-refractivity contribution in [3.8, 4) is 0 Å². The van der Waals surface area contributed by atoms with Crippen LogP contribution < -0.4 is 5.73 Å². The normalized spacial score (nSPS) is 10.9. The lowest BCUT2D eigenvalue weighted by molar-refractivity contribution is -0.255. The van der Waals surface area contributed by atoms with Crippen molar-refractivity contribution >= 4 is 16.6 Å². The molecule has 0 radical (unpaired) electrons. The maximum Gasteiger partial charge on any atom is 0.131 e. The van der Waals surface area contributed by atoms with Gasteiger partial charge in [-0.05, 0) is 23.6 Å². The zero-order valence-corrected chi connectivity index (χ0v) is 9.61. The van der Waals surface area contributed by atoms with Crippen LogP contribution in [0.4, 0.5) is 5.69 Å². The smallest absolute Gasteiger partial charge is 0.131 e. The van der Waals surface area contributed by atoms with E-state index >= 15 is 0 Å². The molecule has 17 heavy (non-hydrogen) atoms. The number of fused-ring (bicyclic) bond motifs is 1. The standard InChI is InChI=1S/C15H14N2/c16-14-7-3-1-5-11(14)9-13-10-12-6-2-4-8-15(12)17-13/h1-8,10,17H,9,16H2/p+1. The lowest BCUT2D eigenvalue weighted by atomic mass is 10.1. The van der Waals surface area contributed by atoms with Gasteiger partial charge in [0, 0.05) is 23.2 Å². The molecular weight excluding hydrogens is 208 g/mol. The summed E-state index contributed by atoms with van der Waals surface area (Å²) in [6.07, 6.45) is 0.911. The highest BCUT2D eigenvalue weighted by Gasteiger charge is 2.05. The molecule has 0 amide bonds. The Balaban J connectivity index is 1.98. The SMILES string of the molecule is [NH3+]c1ccccc1Cc1cc2ccccc2[nH]1. The van der Waals surface area contributed by atoms with E-state index in [1.54, 1.807) is 0 Å². The molecule has 2 nitrogen and oxygen atoms in total. The molecule has 0 aliphatic rings. The number of para-hydroxylation sites is 1. The molecule has 0 aliphatic carbocycles. The third kappa shape index (κ3) is 1.95. The van der Waals surface area contributed by atoms with Crippen LogP contribution >= 0.6 is 0 Å². The molecule has 0 fully saturated rings. The summed E-state index contributed by atoms with van der Waals surface area (Å²) in [5, 5.41) is 1.27. The summed E-state index contributed by atoms with van der Waals surface area (Å²) in [5.41, 5.74) is 8.87. The average molecular weight is 223 g/mol. The highest BCUT2D eigenvalue weighted by molar-refractivity contribution is 5.80. The van der Waals surface area contributed by atoms with E-state index in [4.69, 9.17) is 0 Å². The summed E-state index contributed by atoms with van der Waals surface area (Å²) in [6.45, 7) is 0. The second kappa shape index (κ2) is 4.07. The number of H-pyrrole nitrogens is 1. The van der Waals surface area contributed by atoms with Gasteiger partial charge in [0.1, 0.15) is 5.69 Å². The minimum absolute atomic E-state index is 0.911. The summed E-state index contributed by atoms with van der Waals surface area (Å²) >= 11 is 0. The van der Waals surface area contributed by atoms with E-state index in [1.807, 2.05) is 6.07 Å². The van der Waals surface area contributed by atoms with Crippen molar-refractivity contribution in [3.63, 3.8) is 0 Å². The lowest BCUT2D eigenvalue weighted by Crippen LogP contribution is -2.41. The van der Waals surface area contributed by atoms with Crippen molar-refractivity contribution in [2.24, 2.45) is 0 Å². The molecule has 1 heterocycles. The van der Waals surface area contributed by atoms with Gasteiger partial charge >= 0.3 is 0 Å². The molecular formula is C15H15N2+. The van der Waals surface area contributed by atoms with Crippen LogP contribution in [-0.4, -0.2) is 4.98 Å². The fourth-order valence-electron chi connectivity index (χ4n) is 2.16. The summed E-state index contributed by atoms with van der Waals surface area (Å²) in [7, 11) is 0. The number of quaternary nitrogens is 1. The van der Waals surface area contributed by atoms with Crippen molar-refractivity contribution in [1.29, 1.82) is 0 Å². The number of hydrogen-bond donors (Lipinski definition) is 2. The zero-order chi connectivity index (χ0) is 11.7.